The first-order valence-corrected chi connectivity index (χ1v) is 13.4. The second-order valence-corrected chi connectivity index (χ2v) is 10.1. The molecule has 2 N–H and O–H groups in total. The number of aliphatic hydroxyl groups is 4. The molecule has 2 aliphatic rings. The fourth-order valence-electron chi connectivity index (χ4n) is 3.88. The first-order chi connectivity index (χ1) is 11.7. The van der Waals surface area contributed by atoms with Gasteiger partial charge in [-0.1, -0.05) is 0 Å². The molecule has 0 amide bonds. The Balaban J connectivity index is 2.12. The molecule has 0 heterocycles. The number of allylic oxidation sites excluding steroid dienone is 2. The van der Waals surface area contributed by atoms with Crippen molar-refractivity contribution < 1.29 is 9.47 Å². The Morgan fingerprint density at radius 3 is 1.46 bits per heavy atom. The van der Waals surface area contributed by atoms with Crippen LogP contribution in [0.15, 0.2) is 36.4 Å². The Morgan fingerprint density at radius 1 is 0.708 bits per heavy atom. The number of ether oxygens (including phenoxy) is 2. The van der Waals surface area contributed by atoms with E-state index in [0.717, 1.165) is 11.5 Å². The van der Waals surface area contributed by atoms with Crippen LogP contribution >= 0.6 is 0 Å². The van der Waals surface area contributed by atoms with Gasteiger partial charge < -0.3 is 0 Å². The Kier molecular flexibility index (Phi) is 4.26. The second-order valence-electron chi connectivity index (χ2n) is 6.02. The number of benzene rings is 2. The van der Waals surface area contributed by atoms with Crippen LogP contribution in [0.2, 0.25) is 11.6 Å². The van der Waals surface area contributed by atoms with E-state index in [4.69, 9.17) is 0 Å². The van der Waals surface area contributed by atoms with Gasteiger partial charge in [-0.3, -0.25) is 0 Å². The second kappa shape index (κ2) is 6.28. The van der Waals surface area contributed by atoms with Crippen molar-refractivity contribution in [3.05, 3.63) is 58.7 Å². The maximum atomic E-state index is 4.59. The normalized spacial score (nSPS) is 21.3. The fourth-order valence-corrected chi connectivity index (χ4v) is 6.88. The molecule has 2 aromatic carbocycles. The van der Waals surface area contributed by atoms with E-state index in [0.29, 0.717) is 39.5 Å². The third-order valence-electron chi connectivity index (χ3n) is 5.00. The molecule has 0 bridgehead atoms. The van der Waals surface area contributed by atoms with Crippen LogP contribution < -0.4 is 0 Å². The standard InChI is InChI=1S/C20H20O2Se2/c1-21-15-9-17(23-3)13-8-6-12-16(22-2)10-18(24-4)14-7-5-11(15)19(13)20(12)14/h5-10,17-18H,1-4H3/p+2. The van der Waals surface area contributed by atoms with Crippen LogP contribution in [0.5, 0.6) is 0 Å². The maximum absolute atomic E-state index is 4.59. The van der Waals surface area contributed by atoms with E-state index in [9.17, 15) is 0 Å². The predicted octanol–water partition coefficient (Wildman–Crippen LogP) is 3.45. The summed E-state index contributed by atoms with van der Waals surface area (Å²) in [6.45, 7) is 0. The van der Waals surface area contributed by atoms with Gasteiger partial charge in [-0.05, 0) is 0 Å². The molecule has 2 unspecified atom stereocenters. The van der Waals surface area contributed by atoms with E-state index >= 15 is 0 Å². The summed E-state index contributed by atoms with van der Waals surface area (Å²) < 4.78 is 9.18. The molecule has 4 heteroatoms. The zero-order valence-electron chi connectivity index (χ0n) is 14.3. The Labute approximate surface area is 155 Å². The van der Waals surface area contributed by atoms with Gasteiger partial charge in [0, 0.05) is 0 Å². The first kappa shape index (κ1) is 16.3. The van der Waals surface area contributed by atoms with Gasteiger partial charge in [-0.25, -0.2) is 0 Å². The van der Waals surface area contributed by atoms with E-state index in [1.807, 2.05) is 14.2 Å². The van der Waals surface area contributed by atoms with Crippen molar-refractivity contribution in [2.75, 3.05) is 14.2 Å². The summed E-state index contributed by atoms with van der Waals surface area (Å²) >= 11 is 1.06. The van der Waals surface area contributed by atoms with E-state index in [2.05, 4.69) is 57.5 Å². The summed E-state index contributed by atoms with van der Waals surface area (Å²) in [6.07, 6.45) is 4.73. The molecule has 0 spiro atoms. The molecule has 0 saturated heterocycles. The van der Waals surface area contributed by atoms with Gasteiger partial charge in [0.05, 0.1) is 0 Å². The minimum atomic E-state index is 0.520. The van der Waals surface area contributed by atoms with Crippen LogP contribution in [-0.2, 0) is 0 Å². The van der Waals surface area contributed by atoms with Gasteiger partial charge in [0.2, 0.25) is 0 Å². The third kappa shape index (κ3) is 2.21. The van der Waals surface area contributed by atoms with Gasteiger partial charge >= 0.3 is 156 Å². The zero-order valence-corrected chi connectivity index (χ0v) is 17.8. The molecule has 0 fully saturated rings. The molecular weight excluding hydrogens is 430 g/mol. The van der Waals surface area contributed by atoms with Crippen LogP contribution in [-0.4, -0.2) is 53.6 Å². The van der Waals surface area contributed by atoms with Gasteiger partial charge in [0.15, 0.2) is 0 Å². The molecule has 124 valence electrons. The molecule has 2 nitrogen and oxygen atoms in total. The molecule has 0 radical (unpaired) electrons. The fraction of sp³-hybridized carbons (Fsp3) is 0.300. The summed E-state index contributed by atoms with van der Waals surface area (Å²) in [5.74, 6) is 6.96. The summed E-state index contributed by atoms with van der Waals surface area (Å²) in [7, 11) is 3.83. The molecular formula is C20H22O2Se2+2. The van der Waals surface area contributed by atoms with Gasteiger partial charge in [0.1, 0.15) is 0 Å². The zero-order chi connectivity index (χ0) is 16.8. The SMILES string of the molecule is C[OH+]C1=CC([Se]C)c2ccc3c4c(ccc1c24)C([Se]C)C=C3[OH+]C. The van der Waals surface area contributed by atoms with Crippen LogP contribution in [0.4, 0.5) is 0 Å². The van der Waals surface area contributed by atoms with Crippen LogP contribution in [0.25, 0.3) is 22.3 Å². The molecule has 0 aromatic heterocycles. The minimum absolute atomic E-state index is 0.520. The van der Waals surface area contributed by atoms with Crippen LogP contribution in [0.1, 0.15) is 31.9 Å². The summed E-state index contributed by atoms with van der Waals surface area (Å²) in [6, 6.07) is 9.26. The number of rotatable bonds is 4. The van der Waals surface area contributed by atoms with E-state index in [1.165, 1.54) is 33.0 Å². The molecule has 24 heavy (non-hydrogen) atoms. The molecule has 2 aromatic rings. The number of hydrogen-bond donors (Lipinski definition) is 0. The Bertz CT molecular complexity index is 810. The van der Waals surface area contributed by atoms with Crippen molar-refractivity contribution in [3.8, 4) is 0 Å². The van der Waals surface area contributed by atoms with Crippen LogP contribution in [0, 0.1) is 0 Å². The first-order valence-electron chi connectivity index (χ1n) is 8.02. The molecule has 4 rings (SSSR count). The van der Waals surface area contributed by atoms with Gasteiger partial charge in [-0.15, -0.1) is 0 Å². The van der Waals surface area contributed by atoms with E-state index in [-0.39, 0.29) is 0 Å². The van der Waals surface area contributed by atoms with E-state index < -0.39 is 0 Å². The van der Waals surface area contributed by atoms with Crippen LogP contribution in [0.3, 0.4) is 0 Å². The topological polar surface area (TPSA) is 25.6 Å². The van der Waals surface area contributed by atoms with E-state index in [1.54, 1.807) is 0 Å². The Morgan fingerprint density at radius 2 is 1.12 bits per heavy atom. The third-order valence-corrected chi connectivity index (χ3v) is 8.77. The number of hydrogen-bond acceptors (Lipinski definition) is 0. The average molecular weight is 452 g/mol. The van der Waals surface area contributed by atoms with Gasteiger partial charge in [0.25, 0.3) is 0 Å². The molecule has 2 atom stereocenters. The van der Waals surface area contributed by atoms with Crippen molar-refractivity contribution in [1.29, 1.82) is 0 Å². The summed E-state index contributed by atoms with van der Waals surface area (Å²) in [4.78, 5) is 1.04. The average Bonchev–Trinajstić information content (AvgIpc) is 2.64. The van der Waals surface area contributed by atoms with Crippen molar-refractivity contribution in [2.24, 2.45) is 0 Å². The van der Waals surface area contributed by atoms with Crippen molar-refractivity contribution >= 4 is 52.2 Å². The van der Waals surface area contributed by atoms with Gasteiger partial charge in [-0.2, -0.15) is 0 Å². The molecule has 2 aliphatic carbocycles. The predicted molar refractivity (Wildman–Crippen MR) is 105 cm³/mol. The quantitative estimate of drug-likeness (QED) is 0.502. The van der Waals surface area contributed by atoms with Crippen molar-refractivity contribution in [2.45, 2.75) is 21.3 Å². The van der Waals surface area contributed by atoms with Crippen molar-refractivity contribution in [1.82, 2.24) is 0 Å². The summed E-state index contributed by atoms with van der Waals surface area (Å²) in [5.41, 5.74) is 5.57. The molecule has 0 saturated carbocycles. The monoisotopic (exact) mass is 454 g/mol. The van der Waals surface area contributed by atoms with Crippen molar-refractivity contribution in [3.63, 3.8) is 0 Å². The summed E-state index contributed by atoms with van der Waals surface area (Å²) in [5, 5.41) is 2.87. The molecule has 0 aliphatic heterocycles. The Hall–Kier alpha value is -1.18.